The van der Waals surface area contributed by atoms with Gasteiger partial charge in [0, 0.05) is 5.56 Å². The molecule has 0 spiro atoms. The maximum absolute atomic E-state index is 5.38. The summed E-state index contributed by atoms with van der Waals surface area (Å²) in [7, 11) is 0. The number of anilines is 2. The van der Waals surface area contributed by atoms with E-state index < -0.39 is 0 Å². The van der Waals surface area contributed by atoms with E-state index in [2.05, 4.69) is 35.4 Å². The Morgan fingerprint density at radius 2 is 2.12 bits per heavy atom. The predicted octanol–water partition coefficient (Wildman–Crippen LogP) is 0.320. The zero-order valence-corrected chi connectivity index (χ0v) is 9.34. The Bertz CT molecular complexity index is 470. The molecule has 0 atom stereocenters. The average molecular weight is 235 g/mol. The Labute approximate surface area is 97.6 Å². The third-order valence-corrected chi connectivity index (χ3v) is 2.26. The van der Waals surface area contributed by atoms with Gasteiger partial charge in [-0.2, -0.15) is 4.98 Å². The summed E-state index contributed by atoms with van der Waals surface area (Å²) in [4.78, 5) is 12.1. The largest absolute Gasteiger partial charge is 0.362 e. The molecule has 0 saturated carbocycles. The molecule has 90 valence electrons. The van der Waals surface area contributed by atoms with Crippen LogP contribution < -0.4 is 16.6 Å². The number of hydrazine groups is 1. The van der Waals surface area contributed by atoms with Crippen LogP contribution in [0, 0.1) is 0 Å². The van der Waals surface area contributed by atoms with Crippen LogP contribution in [0.1, 0.15) is 18.3 Å². The van der Waals surface area contributed by atoms with Crippen LogP contribution in [0.5, 0.6) is 0 Å². The minimum Gasteiger partial charge on any atom is -0.362 e. The summed E-state index contributed by atoms with van der Waals surface area (Å²) in [6.07, 6.45) is 3.48. The summed E-state index contributed by atoms with van der Waals surface area (Å²) < 4.78 is 4.64. The molecular formula is C9H13N7O. The first kappa shape index (κ1) is 11.3. The minimum absolute atomic E-state index is 0.435. The van der Waals surface area contributed by atoms with E-state index in [1.54, 1.807) is 0 Å². The number of nitrogen functional groups attached to an aromatic ring is 1. The van der Waals surface area contributed by atoms with Gasteiger partial charge in [-0.25, -0.2) is 15.8 Å². The monoisotopic (exact) mass is 235 g/mol. The molecule has 0 fully saturated rings. The number of nitrogens with zero attached hydrogens (tertiary/aromatic N) is 4. The van der Waals surface area contributed by atoms with E-state index in [0.29, 0.717) is 24.0 Å². The molecule has 0 aliphatic heterocycles. The van der Waals surface area contributed by atoms with Gasteiger partial charge in [0.05, 0.1) is 6.54 Å². The van der Waals surface area contributed by atoms with Gasteiger partial charge < -0.3 is 15.3 Å². The predicted molar refractivity (Wildman–Crippen MR) is 60.8 cm³/mol. The minimum atomic E-state index is 0.435. The van der Waals surface area contributed by atoms with Crippen molar-refractivity contribution in [2.75, 3.05) is 10.7 Å². The van der Waals surface area contributed by atoms with Crippen molar-refractivity contribution in [1.82, 2.24) is 20.1 Å². The lowest BCUT2D eigenvalue weighted by atomic mass is 10.2. The summed E-state index contributed by atoms with van der Waals surface area (Å²) in [6.45, 7) is 2.43. The molecule has 0 saturated heterocycles. The highest BCUT2D eigenvalue weighted by molar-refractivity contribution is 5.56. The van der Waals surface area contributed by atoms with Gasteiger partial charge >= 0.3 is 0 Å². The fourth-order valence-corrected chi connectivity index (χ4v) is 1.46. The van der Waals surface area contributed by atoms with Gasteiger partial charge in [0.25, 0.3) is 0 Å². The number of nitrogens with two attached hydrogens (primary N) is 1. The molecule has 8 nitrogen and oxygen atoms in total. The zero-order chi connectivity index (χ0) is 12.1. The lowest BCUT2D eigenvalue weighted by molar-refractivity contribution is 0.411. The standard InChI is InChI=1S/C9H13N7O/c1-2-6-8(12-4-13-9(6)15-10)11-3-7-14-5-17-16-7/h4-5H,2-3,10H2,1H3,(H2,11,12,13,15). The topological polar surface area (TPSA) is 115 Å². The Morgan fingerprint density at radius 3 is 2.76 bits per heavy atom. The molecule has 0 aliphatic carbocycles. The average Bonchev–Trinajstić information content (AvgIpc) is 2.88. The van der Waals surface area contributed by atoms with Gasteiger partial charge in [-0.15, -0.1) is 0 Å². The van der Waals surface area contributed by atoms with Crippen molar-refractivity contribution in [2.24, 2.45) is 5.84 Å². The molecule has 2 aromatic heterocycles. The van der Waals surface area contributed by atoms with E-state index in [-0.39, 0.29) is 0 Å². The van der Waals surface area contributed by atoms with Crippen molar-refractivity contribution in [3.8, 4) is 0 Å². The third-order valence-electron chi connectivity index (χ3n) is 2.26. The van der Waals surface area contributed by atoms with Crippen LogP contribution in [0.3, 0.4) is 0 Å². The van der Waals surface area contributed by atoms with E-state index in [1.165, 1.54) is 12.7 Å². The van der Waals surface area contributed by atoms with Crippen LogP contribution in [0.2, 0.25) is 0 Å². The summed E-state index contributed by atoms with van der Waals surface area (Å²) in [5.74, 6) is 7.26. The number of hydrogen-bond donors (Lipinski definition) is 3. The lowest BCUT2D eigenvalue weighted by Crippen LogP contribution is -2.14. The van der Waals surface area contributed by atoms with Gasteiger partial charge in [-0.1, -0.05) is 12.1 Å². The zero-order valence-electron chi connectivity index (χ0n) is 9.34. The number of hydrogen-bond acceptors (Lipinski definition) is 8. The summed E-state index contributed by atoms with van der Waals surface area (Å²) in [6, 6.07) is 0. The van der Waals surface area contributed by atoms with Gasteiger partial charge in [0.1, 0.15) is 18.0 Å². The Kier molecular flexibility index (Phi) is 3.46. The fourth-order valence-electron chi connectivity index (χ4n) is 1.46. The highest BCUT2D eigenvalue weighted by Gasteiger charge is 2.09. The van der Waals surface area contributed by atoms with Crippen LogP contribution in [-0.2, 0) is 13.0 Å². The van der Waals surface area contributed by atoms with Gasteiger partial charge in [-0.05, 0) is 6.42 Å². The third kappa shape index (κ3) is 2.48. The molecular weight excluding hydrogens is 222 g/mol. The molecule has 0 aromatic carbocycles. The summed E-state index contributed by atoms with van der Waals surface area (Å²) in [5.41, 5.74) is 3.45. The number of nitrogens with one attached hydrogen (secondary N) is 2. The maximum atomic E-state index is 5.38. The molecule has 0 unspecified atom stereocenters. The molecule has 0 bridgehead atoms. The van der Waals surface area contributed by atoms with Crippen molar-refractivity contribution in [3.63, 3.8) is 0 Å². The van der Waals surface area contributed by atoms with Crippen molar-refractivity contribution in [2.45, 2.75) is 19.9 Å². The van der Waals surface area contributed by atoms with Crippen molar-refractivity contribution < 1.29 is 4.52 Å². The summed E-state index contributed by atoms with van der Waals surface area (Å²) in [5, 5.41) is 6.81. The van der Waals surface area contributed by atoms with E-state index in [9.17, 15) is 0 Å². The van der Waals surface area contributed by atoms with Crippen LogP contribution in [0.15, 0.2) is 17.2 Å². The molecule has 0 amide bonds. The van der Waals surface area contributed by atoms with Crippen LogP contribution in [-0.4, -0.2) is 20.1 Å². The van der Waals surface area contributed by atoms with E-state index in [4.69, 9.17) is 5.84 Å². The first-order chi connectivity index (χ1) is 8.35. The molecule has 0 radical (unpaired) electrons. The van der Waals surface area contributed by atoms with E-state index in [0.717, 1.165) is 12.0 Å². The second kappa shape index (κ2) is 5.21. The first-order valence-electron chi connectivity index (χ1n) is 5.14. The highest BCUT2D eigenvalue weighted by atomic mass is 16.5. The van der Waals surface area contributed by atoms with E-state index in [1.807, 2.05) is 6.92 Å². The van der Waals surface area contributed by atoms with Crippen LogP contribution >= 0.6 is 0 Å². The molecule has 0 aliphatic rings. The molecule has 2 heterocycles. The fraction of sp³-hybridized carbons (Fsp3) is 0.333. The Morgan fingerprint density at radius 1 is 1.29 bits per heavy atom. The molecule has 17 heavy (non-hydrogen) atoms. The van der Waals surface area contributed by atoms with Gasteiger partial charge in [-0.3, -0.25) is 0 Å². The van der Waals surface area contributed by atoms with Crippen LogP contribution in [0.25, 0.3) is 0 Å². The smallest absolute Gasteiger partial charge is 0.213 e. The highest BCUT2D eigenvalue weighted by Crippen LogP contribution is 2.19. The number of aromatic nitrogens is 4. The quantitative estimate of drug-likeness (QED) is 0.501. The van der Waals surface area contributed by atoms with Crippen molar-refractivity contribution >= 4 is 11.6 Å². The van der Waals surface area contributed by atoms with E-state index >= 15 is 0 Å². The van der Waals surface area contributed by atoms with Crippen molar-refractivity contribution in [3.05, 3.63) is 24.1 Å². The Hall–Kier alpha value is -2.22. The normalized spacial score (nSPS) is 10.2. The van der Waals surface area contributed by atoms with Gasteiger partial charge in [0.2, 0.25) is 6.39 Å². The second-order valence-corrected chi connectivity index (χ2v) is 3.25. The maximum Gasteiger partial charge on any atom is 0.213 e. The van der Waals surface area contributed by atoms with Crippen LogP contribution in [0.4, 0.5) is 11.6 Å². The SMILES string of the molecule is CCc1c(NN)ncnc1NCc1ncon1. The van der Waals surface area contributed by atoms with Gasteiger partial charge in [0.15, 0.2) is 5.82 Å². The second-order valence-electron chi connectivity index (χ2n) is 3.25. The molecule has 2 aromatic rings. The summed E-state index contributed by atoms with van der Waals surface area (Å²) >= 11 is 0. The first-order valence-corrected chi connectivity index (χ1v) is 5.14. The lowest BCUT2D eigenvalue weighted by Gasteiger charge is -2.11. The molecule has 4 N–H and O–H groups in total. The molecule has 8 heteroatoms. The Balaban J connectivity index is 2.14. The van der Waals surface area contributed by atoms with Crippen molar-refractivity contribution in [1.29, 1.82) is 0 Å². The number of rotatable bonds is 5. The molecule has 2 rings (SSSR count).